The highest BCUT2D eigenvalue weighted by molar-refractivity contribution is 6.07. The first-order chi connectivity index (χ1) is 22.3. The highest BCUT2D eigenvalue weighted by atomic mass is 15.1. The van der Waals surface area contributed by atoms with Crippen molar-refractivity contribution >= 4 is 46.0 Å². The third-order valence-electron chi connectivity index (χ3n) is 7.66. The number of hydrogen-bond acceptors (Lipinski definition) is 6. The summed E-state index contributed by atoms with van der Waals surface area (Å²) in [6, 6.07) is 21.9. The normalized spacial score (nSPS) is 14.8. The molecule has 0 radical (unpaired) electrons. The summed E-state index contributed by atoms with van der Waals surface area (Å²) in [6.07, 6.45) is 2.88. The molecule has 3 aromatic carbocycles. The molecule has 2 heterocycles. The van der Waals surface area contributed by atoms with Gasteiger partial charge in [0.2, 0.25) is 0 Å². The number of hydrogen-bond donors (Lipinski definition) is 0. The quantitative estimate of drug-likeness (QED) is 0.222. The van der Waals surface area contributed by atoms with Crippen LogP contribution in [0.1, 0.15) is 33.4 Å². The summed E-state index contributed by atoms with van der Waals surface area (Å²) in [6.45, 7) is 30.1. The Bertz CT molecular complexity index is 2150. The minimum atomic E-state index is -0.152. The van der Waals surface area contributed by atoms with Crippen molar-refractivity contribution in [1.82, 2.24) is 0 Å². The van der Waals surface area contributed by atoms with Crippen molar-refractivity contribution in [3.05, 3.63) is 150 Å². The fourth-order valence-corrected chi connectivity index (χ4v) is 5.63. The second-order valence-electron chi connectivity index (χ2n) is 9.96. The Morgan fingerprint density at radius 2 is 0.913 bits per heavy atom. The molecule has 0 aliphatic carbocycles. The van der Waals surface area contributed by atoms with Crippen LogP contribution in [-0.4, -0.2) is 14.1 Å². The molecule has 10 nitrogen and oxygen atoms in total. The van der Waals surface area contributed by atoms with E-state index in [4.69, 9.17) is 26.3 Å². The predicted octanol–water partition coefficient (Wildman–Crippen LogP) is 7.82. The van der Waals surface area contributed by atoms with Gasteiger partial charge in [-0.2, -0.15) is 0 Å². The number of benzene rings is 3. The van der Waals surface area contributed by atoms with E-state index in [9.17, 15) is 21.0 Å². The lowest BCUT2D eigenvalue weighted by molar-refractivity contribution is 1.13. The fraction of sp³-hybridized carbons (Fsp3) is 0.0556. The molecular weight excluding hydrogens is 572 g/mol. The predicted molar refractivity (Wildman–Crippen MR) is 172 cm³/mol. The third-order valence-corrected chi connectivity index (χ3v) is 7.66. The summed E-state index contributed by atoms with van der Waals surface area (Å²) < 4.78 is 0. The van der Waals surface area contributed by atoms with E-state index < -0.39 is 0 Å². The largest absolute Gasteiger partial charge is 0.344 e. The van der Waals surface area contributed by atoms with Crippen molar-refractivity contribution in [3.8, 4) is 24.3 Å². The first-order valence-corrected chi connectivity index (χ1v) is 13.3. The average molecular weight is 589 g/mol. The number of allylic oxidation sites excluding steroid dienone is 4. The van der Waals surface area contributed by atoms with Gasteiger partial charge in [0, 0.05) is 48.0 Å². The molecule has 0 bridgehead atoms. The highest BCUT2D eigenvalue weighted by Gasteiger charge is 2.33. The Morgan fingerprint density at radius 3 is 1.22 bits per heavy atom. The molecule has 10 heteroatoms. The van der Waals surface area contributed by atoms with Gasteiger partial charge in [-0.1, -0.05) is 12.1 Å². The summed E-state index contributed by atoms with van der Waals surface area (Å²) in [5, 5.41) is 38.7. The molecule has 0 N–H and O–H groups in total. The van der Waals surface area contributed by atoms with Crippen LogP contribution >= 0.6 is 0 Å². The van der Waals surface area contributed by atoms with E-state index in [1.807, 2.05) is 60.3 Å². The minimum Gasteiger partial charge on any atom is -0.344 e. The van der Waals surface area contributed by atoms with Crippen LogP contribution in [0.15, 0.2) is 71.3 Å². The number of nitrogens with zero attached hydrogens (tertiary/aromatic N) is 10. The summed E-state index contributed by atoms with van der Waals surface area (Å²) >= 11 is 0. The van der Waals surface area contributed by atoms with Crippen LogP contribution in [0, 0.1) is 71.6 Å². The SMILES string of the molecule is [C-]#[N+]/C(C#N)=C\c1ccc2c(c1)/C(=C(\C#N)[N+]#[C-])c1cc3c(cc1N2C)/C(=C(\C#N)[N+]#[C-])c1cc(/C=C(\C#N)[N+]#[C-])ccc1N3C. The Morgan fingerprint density at radius 1 is 0.543 bits per heavy atom. The second-order valence-corrected chi connectivity index (χ2v) is 9.96. The van der Waals surface area contributed by atoms with Crippen LogP contribution in [0.4, 0.5) is 22.7 Å². The van der Waals surface area contributed by atoms with Gasteiger partial charge in [-0.3, -0.25) is 0 Å². The molecule has 0 atom stereocenters. The molecule has 2 aliphatic heterocycles. The molecule has 0 unspecified atom stereocenters. The zero-order valence-electron chi connectivity index (χ0n) is 24.2. The molecule has 0 fully saturated rings. The summed E-state index contributed by atoms with van der Waals surface area (Å²) in [5.41, 5.74) is 6.15. The first kappa shape index (κ1) is 29.6. The molecule has 5 rings (SSSR count). The van der Waals surface area contributed by atoms with Gasteiger partial charge in [0.05, 0.1) is 50.6 Å². The summed E-state index contributed by atoms with van der Waals surface area (Å²) in [4.78, 5) is 17.3. The van der Waals surface area contributed by atoms with Gasteiger partial charge in [0.15, 0.2) is 0 Å². The Balaban J connectivity index is 1.85. The minimum absolute atomic E-state index is 0.112. The van der Waals surface area contributed by atoms with Crippen LogP contribution in [0.2, 0.25) is 0 Å². The van der Waals surface area contributed by atoms with E-state index in [0.29, 0.717) is 67.3 Å². The lowest BCUT2D eigenvalue weighted by Gasteiger charge is -2.37. The molecule has 210 valence electrons. The smallest absolute Gasteiger partial charge is 0.270 e. The van der Waals surface area contributed by atoms with E-state index in [0.717, 1.165) is 0 Å². The van der Waals surface area contributed by atoms with Gasteiger partial charge in [-0.15, -0.1) is 0 Å². The standard InChI is InChI=1S/C36H16N10/c1-41-23(17-37)11-21-7-9-31-25(13-21)35(29(19-39)43-3)27-15-34-28(16-33(27)45(31)5)36(30(20-40)44-4)26-14-22(12-24(18-38)42-2)8-10-32(26)46(34)6/h7-16H,5-6H3/b23-11-,24-12+,35-29-,36-30+. The van der Waals surface area contributed by atoms with E-state index in [1.54, 1.807) is 36.4 Å². The van der Waals surface area contributed by atoms with Crippen molar-refractivity contribution in [2.45, 2.75) is 0 Å². The van der Waals surface area contributed by atoms with Gasteiger partial charge < -0.3 is 9.80 Å². The average Bonchev–Trinajstić information content (AvgIpc) is 3.09. The van der Waals surface area contributed by atoms with Crippen LogP contribution in [0.5, 0.6) is 0 Å². The molecule has 2 aliphatic rings. The van der Waals surface area contributed by atoms with Gasteiger partial charge in [-0.05, 0) is 81.9 Å². The first-order valence-electron chi connectivity index (χ1n) is 13.3. The molecule has 0 spiro atoms. The summed E-state index contributed by atoms with van der Waals surface area (Å²) in [5.74, 6) is 0. The maximum absolute atomic E-state index is 10.0. The molecule has 0 aromatic heterocycles. The van der Waals surface area contributed by atoms with Gasteiger partial charge >= 0.3 is 0 Å². The van der Waals surface area contributed by atoms with Crippen molar-refractivity contribution in [2.24, 2.45) is 0 Å². The fourth-order valence-electron chi connectivity index (χ4n) is 5.63. The second kappa shape index (κ2) is 11.8. The van der Waals surface area contributed by atoms with Crippen molar-refractivity contribution < 1.29 is 0 Å². The van der Waals surface area contributed by atoms with E-state index in [1.165, 1.54) is 12.2 Å². The van der Waals surface area contributed by atoms with Crippen LogP contribution < -0.4 is 9.80 Å². The third kappa shape index (κ3) is 4.63. The summed E-state index contributed by atoms with van der Waals surface area (Å²) in [7, 11) is 3.64. The zero-order chi connectivity index (χ0) is 33.1. The van der Waals surface area contributed by atoms with E-state index in [-0.39, 0.29) is 22.8 Å². The number of fused-ring (bicyclic) bond motifs is 4. The molecule has 3 aromatic rings. The van der Waals surface area contributed by atoms with Crippen LogP contribution in [-0.2, 0) is 0 Å². The van der Waals surface area contributed by atoms with Crippen LogP contribution in [0.3, 0.4) is 0 Å². The lowest BCUT2D eigenvalue weighted by Crippen LogP contribution is -2.23. The van der Waals surface area contributed by atoms with Gasteiger partial charge in [-0.25, -0.2) is 40.4 Å². The van der Waals surface area contributed by atoms with Gasteiger partial charge in [0.1, 0.15) is 0 Å². The molecule has 0 saturated heterocycles. The van der Waals surface area contributed by atoms with E-state index >= 15 is 0 Å². The van der Waals surface area contributed by atoms with Gasteiger partial charge in [0.25, 0.3) is 22.8 Å². The topological polar surface area (TPSA) is 119 Å². The number of rotatable bonds is 2. The highest BCUT2D eigenvalue weighted by Crippen LogP contribution is 2.53. The maximum Gasteiger partial charge on any atom is 0.270 e. The van der Waals surface area contributed by atoms with E-state index in [2.05, 4.69) is 19.4 Å². The molecule has 46 heavy (non-hydrogen) atoms. The molecule has 0 saturated carbocycles. The Kier molecular flexibility index (Phi) is 7.59. The molecule has 0 amide bonds. The number of nitriles is 4. The number of anilines is 4. The van der Waals surface area contributed by atoms with Crippen LogP contribution in [0.25, 0.3) is 42.7 Å². The lowest BCUT2D eigenvalue weighted by atomic mass is 9.82. The van der Waals surface area contributed by atoms with Crippen molar-refractivity contribution in [2.75, 3.05) is 23.9 Å². The van der Waals surface area contributed by atoms with Crippen molar-refractivity contribution in [3.63, 3.8) is 0 Å². The zero-order valence-corrected chi connectivity index (χ0v) is 24.2. The Labute approximate surface area is 265 Å². The maximum atomic E-state index is 10.0. The molecular formula is C36H16N10. The monoisotopic (exact) mass is 588 g/mol. The van der Waals surface area contributed by atoms with Crippen molar-refractivity contribution in [1.29, 1.82) is 21.0 Å². The Hall–Kier alpha value is -7.86.